The summed E-state index contributed by atoms with van der Waals surface area (Å²) in [6, 6.07) is 9.69. The molecule has 2 fully saturated rings. The number of carbonyl (C=O) groups is 2. The van der Waals surface area contributed by atoms with Crippen molar-refractivity contribution in [2.75, 3.05) is 16.8 Å². The summed E-state index contributed by atoms with van der Waals surface area (Å²) >= 11 is 1.39. The Bertz CT molecular complexity index is 817. The van der Waals surface area contributed by atoms with E-state index in [2.05, 4.69) is 15.5 Å². The molecule has 1 saturated heterocycles. The summed E-state index contributed by atoms with van der Waals surface area (Å²) in [5.41, 5.74) is 0.913. The molecule has 2 aromatic rings. The van der Waals surface area contributed by atoms with E-state index in [0.717, 1.165) is 17.1 Å². The van der Waals surface area contributed by atoms with Gasteiger partial charge < -0.3 is 10.2 Å². The predicted molar refractivity (Wildman–Crippen MR) is 111 cm³/mol. The Balaban J connectivity index is 1.30. The monoisotopic (exact) mass is 398 g/mol. The molecule has 0 spiro atoms. The van der Waals surface area contributed by atoms with Gasteiger partial charge in [0.15, 0.2) is 0 Å². The Morgan fingerprint density at radius 3 is 2.71 bits per heavy atom. The van der Waals surface area contributed by atoms with Gasteiger partial charge in [0.25, 0.3) is 0 Å². The maximum Gasteiger partial charge on any atom is 0.227 e. The van der Waals surface area contributed by atoms with Gasteiger partial charge in [0.2, 0.25) is 16.9 Å². The number of anilines is 2. The van der Waals surface area contributed by atoms with Crippen LogP contribution in [0.15, 0.2) is 30.3 Å². The zero-order valence-corrected chi connectivity index (χ0v) is 16.8. The minimum atomic E-state index is 0.0154. The van der Waals surface area contributed by atoms with Gasteiger partial charge >= 0.3 is 0 Å². The third-order valence-electron chi connectivity index (χ3n) is 5.73. The Hall–Kier alpha value is -2.28. The summed E-state index contributed by atoms with van der Waals surface area (Å²) in [6.07, 6.45) is 8.37. The number of nitrogens with zero attached hydrogens (tertiary/aromatic N) is 3. The lowest BCUT2D eigenvalue weighted by Crippen LogP contribution is -2.24. The SMILES string of the molecule is O=C(CCC1CCCCC1)Nc1nnc(C2CC(=O)N(c3ccccc3)C2)s1. The zero-order valence-electron chi connectivity index (χ0n) is 16.0. The topological polar surface area (TPSA) is 75.2 Å². The summed E-state index contributed by atoms with van der Waals surface area (Å²) in [4.78, 5) is 26.4. The van der Waals surface area contributed by atoms with Crippen LogP contribution in [0.1, 0.15) is 62.3 Å². The lowest BCUT2D eigenvalue weighted by Gasteiger charge is -2.20. The molecule has 2 amide bonds. The van der Waals surface area contributed by atoms with Crippen molar-refractivity contribution in [1.82, 2.24) is 10.2 Å². The molecule has 28 heavy (non-hydrogen) atoms. The van der Waals surface area contributed by atoms with E-state index in [1.165, 1.54) is 43.4 Å². The van der Waals surface area contributed by atoms with Gasteiger partial charge in [0.05, 0.1) is 0 Å². The van der Waals surface area contributed by atoms with Crippen LogP contribution in [0, 0.1) is 5.92 Å². The van der Waals surface area contributed by atoms with Crippen LogP contribution in [0.4, 0.5) is 10.8 Å². The second-order valence-corrected chi connectivity index (χ2v) is 8.79. The molecule has 1 aliphatic carbocycles. The van der Waals surface area contributed by atoms with Crippen molar-refractivity contribution in [2.24, 2.45) is 5.92 Å². The maximum atomic E-state index is 12.4. The molecule has 0 radical (unpaired) electrons. The van der Waals surface area contributed by atoms with E-state index in [1.54, 1.807) is 4.90 Å². The number of para-hydroxylation sites is 1. The molecule has 6 nitrogen and oxygen atoms in total. The normalized spacial score (nSPS) is 20.5. The van der Waals surface area contributed by atoms with E-state index in [4.69, 9.17) is 0 Å². The summed E-state index contributed by atoms with van der Waals surface area (Å²) in [6.45, 7) is 0.604. The van der Waals surface area contributed by atoms with Crippen molar-refractivity contribution < 1.29 is 9.59 Å². The van der Waals surface area contributed by atoms with Crippen molar-refractivity contribution in [3.63, 3.8) is 0 Å². The van der Waals surface area contributed by atoms with Gasteiger partial charge in [-0.3, -0.25) is 9.59 Å². The number of aromatic nitrogens is 2. The lowest BCUT2D eigenvalue weighted by molar-refractivity contribution is -0.117. The van der Waals surface area contributed by atoms with Gasteiger partial charge in [-0.1, -0.05) is 61.6 Å². The van der Waals surface area contributed by atoms with Crippen LogP contribution in [0.25, 0.3) is 0 Å². The summed E-state index contributed by atoms with van der Waals surface area (Å²) in [5, 5.41) is 12.6. The molecule has 148 valence electrons. The van der Waals surface area contributed by atoms with E-state index in [0.29, 0.717) is 30.4 Å². The first-order chi connectivity index (χ1) is 13.7. The number of amides is 2. The van der Waals surface area contributed by atoms with Gasteiger partial charge in [-0.05, 0) is 24.5 Å². The van der Waals surface area contributed by atoms with Gasteiger partial charge in [0, 0.05) is 31.0 Å². The van der Waals surface area contributed by atoms with E-state index in [1.807, 2.05) is 30.3 Å². The molecule has 1 atom stereocenters. The molecule has 0 bridgehead atoms. The quantitative estimate of drug-likeness (QED) is 0.785. The fourth-order valence-electron chi connectivity index (χ4n) is 4.17. The smallest absolute Gasteiger partial charge is 0.227 e. The van der Waals surface area contributed by atoms with E-state index < -0.39 is 0 Å². The van der Waals surface area contributed by atoms with E-state index >= 15 is 0 Å². The van der Waals surface area contributed by atoms with Crippen molar-refractivity contribution in [3.05, 3.63) is 35.3 Å². The Labute approximate surface area is 169 Å². The first kappa shape index (κ1) is 19.1. The first-order valence-corrected chi connectivity index (χ1v) is 11.0. The highest BCUT2D eigenvalue weighted by atomic mass is 32.1. The molecule has 1 unspecified atom stereocenters. The summed E-state index contributed by atoms with van der Waals surface area (Å²) < 4.78 is 0. The second-order valence-electron chi connectivity index (χ2n) is 7.78. The molecular weight excluding hydrogens is 372 g/mol. The van der Waals surface area contributed by atoms with Crippen LogP contribution in [-0.4, -0.2) is 28.6 Å². The second kappa shape index (κ2) is 8.82. The Morgan fingerprint density at radius 1 is 1.14 bits per heavy atom. The van der Waals surface area contributed by atoms with Crippen LogP contribution in [0.2, 0.25) is 0 Å². The third-order valence-corrected chi connectivity index (χ3v) is 6.73. The molecule has 1 N–H and O–H groups in total. The Morgan fingerprint density at radius 2 is 1.93 bits per heavy atom. The van der Waals surface area contributed by atoms with Crippen LogP contribution >= 0.6 is 11.3 Å². The van der Waals surface area contributed by atoms with Crippen LogP contribution < -0.4 is 10.2 Å². The third kappa shape index (κ3) is 4.58. The molecule has 4 rings (SSSR count). The highest BCUT2D eigenvalue weighted by Crippen LogP contribution is 2.34. The number of benzene rings is 1. The number of hydrogen-bond acceptors (Lipinski definition) is 5. The maximum absolute atomic E-state index is 12.4. The van der Waals surface area contributed by atoms with Crippen molar-refractivity contribution in [3.8, 4) is 0 Å². The molecule has 1 aromatic carbocycles. The molecular formula is C21H26N4O2S. The average Bonchev–Trinajstić information content (AvgIpc) is 3.34. The van der Waals surface area contributed by atoms with Crippen LogP contribution in [0.3, 0.4) is 0 Å². The minimum absolute atomic E-state index is 0.0154. The standard InChI is InChI=1S/C21H26N4O2S/c26-18(12-11-15-7-3-1-4-8-15)22-21-24-23-20(28-21)16-13-19(27)25(14-16)17-9-5-2-6-10-17/h2,5-6,9-10,15-16H,1,3-4,7-8,11-14H2,(H,22,24,26). The highest BCUT2D eigenvalue weighted by Gasteiger charge is 2.33. The zero-order chi connectivity index (χ0) is 19.3. The summed E-state index contributed by atoms with van der Waals surface area (Å²) in [7, 11) is 0. The molecule has 1 saturated carbocycles. The fourth-order valence-corrected chi connectivity index (χ4v) is 5.02. The lowest BCUT2D eigenvalue weighted by atomic mass is 9.86. The molecule has 7 heteroatoms. The largest absolute Gasteiger partial charge is 0.312 e. The van der Waals surface area contributed by atoms with Crippen LogP contribution in [0.5, 0.6) is 0 Å². The molecule has 2 aliphatic rings. The minimum Gasteiger partial charge on any atom is -0.312 e. The van der Waals surface area contributed by atoms with Gasteiger partial charge in [-0.15, -0.1) is 10.2 Å². The van der Waals surface area contributed by atoms with Gasteiger partial charge in [-0.25, -0.2) is 0 Å². The predicted octanol–water partition coefficient (Wildman–Crippen LogP) is 4.36. The highest BCUT2D eigenvalue weighted by molar-refractivity contribution is 7.15. The van der Waals surface area contributed by atoms with Crippen LogP contribution in [-0.2, 0) is 9.59 Å². The van der Waals surface area contributed by atoms with Crippen molar-refractivity contribution >= 4 is 34.0 Å². The molecule has 1 aromatic heterocycles. The van der Waals surface area contributed by atoms with Crippen molar-refractivity contribution in [2.45, 2.75) is 57.3 Å². The average molecular weight is 399 g/mol. The Kier molecular flexibility index (Phi) is 6.00. The summed E-state index contributed by atoms with van der Waals surface area (Å²) in [5.74, 6) is 0.835. The van der Waals surface area contributed by atoms with E-state index in [-0.39, 0.29) is 17.7 Å². The fraction of sp³-hybridized carbons (Fsp3) is 0.524. The van der Waals surface area contributed by atoms with E-state index in [9.17, 15) is 9.59 Å². The van der Waals surface area contributed by atoms with Gasteiger partial charge in [-0.2, -0.15) is 0 Å². The molecule has 2 heterocycles. The first-order valence-electron chi connectivity index (χ1n) is 10.2. The van der Waals surface area contributed by atoms with Gasteiger partial charge in [0.1, 0.15) is 5.01 Å². The number of rotatable bonds is 6. The molecule has 1 aliphatic heterocycles. The number of nitrogens with one attached hydrogen (secondary N) is 1. The number of hydrogen-bond donors (Lipinski definition) is 1. The van der Waals surface area contributed by atoms with Crippen molar-refractivity contribution in [1.29, 1.82) is 0 Å². The number of carbonyl (C=O) groups excluding carboxylic acids is 2.